The Bertz CT molecular complexity index is 1490. The summed E-state index contributed by atoms with van der Waals surface area (Å²) in [6, 6.07) is 44.2. The van der Waals surface area contributed by atoms with Crippen molar-refractivity contribution in [1.82, 2.24) is 0 Å². The fourth-order valence-electron chi connectivity index (χ4n) is 5.93. The van der Waals surface area contributed by atoms with Crippen LogP contribution in [0.5, 0.6) is 0 Å². The quantitative estimate of drug-likeness (QED) is 0.225. The summed E-state index contributed by atoms with van der Waals surface area (Å²) < 4.78 is 1.09. The molecule has 0 fully saturated rings. The van der Waals surface area contributed by atoms with E-state index in [4.69, 9.17) is 0 Å². The van der Waals surface area contributed by atoms with Crippen LogP contribution in [0.15, 0.2) is 126 Å². The van der Waals surface area contributed by atoms with Crippen molar-refractivity contribution in [3.63, 3.8) is 0 Å². The minimum absolute atomic E-state index is 0.367. The molecule has 0 unspecified atom stereocenters. The first-order chi connectivity index (χ1) is 16.3. The third-order valence-electron chi connectivity index (χ3n) is 7.12. The molecule has 0 aromatic heterocycles. The van der Waals surface area contributed by atoms with E-state index < -0.39 is 0 Å². The summed E-state index contributed by atoms with van der Waals surface area (Å²) in [4.78, 5) is 2.41. The molecule has 0 N–H and O–H groups in total. The molecule has 5 aromatic carbocycles. The SMILES string of the molecule is Brc1ccc2c(c1)C1(c3ccccc3-c3ccccc31)c1ccccc1N2c1ccccc1. The van der Waals surface area contributed by atoms with Crippen LogP contribution in [0.1, 0.15) is 22.3 Å². The van der Waals surface area contributed by atoms with Crippen molar-refractivity contribution < 1.29 is 0 Å². The van der Waals surface area contributed by atoms with Crippen LogP contribution < -0.4 is 4.90 Å². The lowest BCUT2D eigenvalue weighted by Gasteiger charge is -2.45. The topological polar surface area (TPSA) is 3.24 Å². The average Bonchev–Trinajstić information content (AvgIpc) is 3.17. The zero-order valence-electron chi connectivity index (χ0n) is 17.9. The maximum atomic E-state index is 3.80. The minimum atomic E-state index is -0.367. The van der Waals surface area contributed by atoms with Crippen molar-refractivity contribution >= 4 is 33.0 Å². The van der Waals surface area contributed by atoms with E-state index >= 15 is 0 Å². The van der Waals surface area contributed by atoms with E-state index in [1.54, 1.807) is 0 Å². The van der Waals surface area contributed by atoms with Crippen LogP contribution in [0.25, 0.3) is 11.1 Å². The molecule has 1 nitrogen and oxygen atoms in total. The van der Waals surface area contributed by atoms with Crippen molar-refractivity contribution in [2.45, 2.75) is 5.41 Å². The molecule has 1 aliphatic carbocycles. The van der Waals surface area contributed by atoms with Gasteiger partial charge < -0.3 is 4.90 Å². The lowest BCUT2D eigenvalue weighted by atomic mass is 9.64. The van der Waals surface area contributed by atoms with Gasteiger partial charge in [0.25, 0.3) is 0 Å². The maximum absolute atomic E-state index is 3.80. The van der Waals surface area contributed by atoms with Crippen molar-refractivity contribution in [2.24, 2.45) is 0 Å². The molecule has 0 saturated carbocycles. The van der Waals surface area contributed by atoms with E-state index in [9.17, 15) is 0 Å². The number of para-hydroxylation sites is 2. The van der Waals surface area contributed by atoms with E-state index in [1.165, 1.54) is 50.4 Å². The molecule has 2 aliphatic rings. The first-order valence-corrected chi connectivity index (χ1v) is 12.0. The Hall–Kier alpha value is -3.62. The molecule has 1 aliphatic heterocycles. The molecule has 2 heteroatoms. The zero-order chi connectivity index (χ0) is 22.0. The largest absolute Gasteiger partial charge is 0.310 e. The summed E-state index contributed by atoms with van der Waals surface area (Å²) in [5.41, 5.74) is 11.2. The smallest absolute Gasteiger partial charge is 0.0754 e. The van der Waals surface area contributed by atoms with Gasteiger partial charge in [0.05, 0.1) is 16.8 Å². The first-order valence-electron chi connectivity index (χ1n) is 11.2. The summed E-state index contributed by atoms with van der Waals surface area (Å²) >= 11 is 3.80. The molecule has 156 valence electrons. The Labute approximate surface area is 202 Å². The average molecular weight is 486 g/mol. The van der Waals surface area contributed by atoms with Gasteiger partial charge in [-0.1, -0.05) is 101 Å². The normalized spacial score (nSPS) is 14.4. The summed E-state index contributed by atoms with van der Waals surface area (Å²) in [7, 11) is 0. The van der Waals surface area contributed by atoms with Crippen molar-refractivity contribution in [3.05, 3.63) is 148 Å². The minimum Gasteiger partial charge on any atom is -0.310 e. The van der Waals surface area contributed by atoms with Gasteiger partial charge in [-0.15, -0.1) is 0 Å². The predicted octanol–water partition coefficient (Wildman–Crippen LogP) is 8.60. The molecular formula is C31H20BrN. The van der Waals surface area contributed by atoms with E-state index in [-0.39, 0.29) is 5.41 Å². The van der Waals surface area contributed by atoms with Gasteiger partial charge in [-0.05, 0) is 69.8 Å². The highest BCUT2D eigenvalue weighted by molar-refractivity contribution is 9.10. The second-order valence-electron chi connectivity index (χ2n) is 8.69. The third-order valence-corrected chi connectivity index (χ3v) is 7.61. The Balaban J connectivity index is 1.68. The number of hydrogen-bond donors (Lipinski definition) is 0. The van der Waals surface area contributed by atoms with Crippen molar-refractivity contribution in [2.75, 3.05) is 4.90 Å². The molecule has 0 saturated heterocycles. The number of nitrogens with zero attached hydrogens (tertiary/aromatic N) is 1. The highest BCUT2D eigenvalue weighted by atomic mass is 79.9. The van der Waals surface area contributed by atoms with Gasteiger partial charge in [0.15, 0.2) is 0 Å². The molecule has 33 heavy (non-hydrogen) atoms. The Morgan fingerprint density at radius 3 is 1.73 bits per heavy atom. The Morgan fingerprint density at radius 1 is 0.485 bits per heavy atom. The zero-order valence-corrected chi connectivity index (χ0v) is 19.5. The summed E-state index contributed by atoms with van der Waals surface area (Å²) in [6.07, 6.45) is 0. The van der Waals surface area contributed by atoms with Crippen molar-refractivity contribution in [1.29, 1.82) is 0 Å². The van der Waals surface area contributed by atoms with E-state index in [2.05, 4.69) is 142 Å². The second-order valence-corrected chi connectivity index (χ2v) is 9.61. The molecule has 1 spiro atoms. The van der Waals surface area contributed by atoms with Gasteiger partial charge in [-0.3, -0.25) is 0 Å². The van der Waals surface area contributed by atoms with E-state index in [0.717, 1.165) is 4.47 Å². The van der Waals surface area contributed by atoms with Crippen LogP contribution >= 0.6 is 15.9 Å². The third kappa shape index (κ3) is 2.42. The number of rotatable bonds is 1. The second kappa shape index (κ2) is 6.94. The fourth-order valence-corrected chi connectivity index (χ4v) is 6.30. The van der Waals surface area contributed by atoms with Crippen LogP contribution in [0.3, 0.4) is 0 Å². The van der Waals surface area contributed by atoms with Crippen LogP contribution in [0.2, 0.25) is 0 Å². The van der Waals surface area contributed by atoms with E-state index in [0.29, 0.717) is 0 Å². The molecule has 1 heterocycles. The standard InChI is InChI=1S/C31H20BrN/c32-21-18-19-30-28(20-21)31(25-14-6-4-12-23(25)24-13-5-7-15-26(24)31)27-16-8-9-17-29(27)33(30)22-10-2-1-3-11-22/h1-20H. The molecule has 0 atom stereocenters. The van der Waals surface area contributed by atoms with Crippen molar-refractivity contribution in [3.8, 4) is 11.1 Å². The van der Waals surface area contributed by atoms with Crippen LogP contribution in [0, 0.1) is 0 Å². The lowest BCUT2D eigenvalue weighted by Crippen LogP contribution is -2.36. The number of hydrogen-bond acceptors (Lipinski definition) is 1. The Kier molecular flexibility index (Phi) is 3.97. The molecule has 0 radical (unpaired) electrons. The molecular weight excluding hydrogens is 466 g/mol. The monoisotopic (exact) mass is 485 g/mol. The number of fused-ring (bicyclic) bond motifs is 9. The summed E-state index contributed by atoms with van der Waals surface area (Å²) in [5, 5.41) is 0. The number of halogens is 1. The van der Waals surface area contributed by atoms with Gasteiger partial charge in [0.1, 0.15) is 0 Å². The highest BCUT2D eigenvalue weighted by Gasteiger charge is 2.51. The van der Waals surface area contributed by atoms with Gasteiger partial charge in [0, 0.05) is 10.2 Å². The molecule has 5 aromatic rings. The predicted molar refractivity (Wildman–Crippen MR) is 140 cm³/mol. The number of anilines is 3. The van der Waals surface area contributed by atoms with Crippen LogP contribution in [-0.4, -0.2) is 0 Å². The van der Waals surface area contributed by atoms with Gasteiger partial charge >= 0.3 is 0 Å². The maximum Gasteiger partial charge on any atom is 0.0754 e. The highest BCUT2D eigenvalue weighted by Crippen LogP contribution is 2.63. The molecule has 7 rings (SSSR count). The lowest BCUT2D eigenvalue weighted by molar-refractivity contribution is 0.752. The first kappa shape index (κ1) is 18.9. The fraction of sp³-hybridized carbons (Fsp3) is 0.0323. The van der Waals surface area contributed by atoms with E-state index in [1.807, 2.05) is 0 Å². The van der Waals surface area contributed by atoms with Crippen LogP contribution in [0.4, 0.5) is 17.1 Å². The van der Waals surface area contributed by atoms with Gasteiger partial charge in [0.2, 0.25) is 0 Å². The Morgan fingerprint density at radius 2 is 1.03 bits per heavy atom. The summed E-state index contributed by atoms with van der Waals surface area (Å²) in [6.45, 7) is 0. The molecule has 0 amide bonds. The summed E-state index contributed by atoms with van der Waals surface area (Å²) in [5.74, 6) is 0. The van der Waals surface area contributed by atoms with Gasteiger partial charge in [-0.2, -0.15) is 0 Å². The van der Waals surface area contributed by atoms with Crippen LogP contribution in [-0.2, 0) is 5.41 Å². The molecule has 0 bridgehead atoms. The van der Waals surface area contributed by atoms with Gasteiger partial charge in [-0.25, -0.2) is 0 Å². The number of benzene rings is 5.